The zero-order valence-electron chi connectivity index (χ0n) is 10.8. The number of carboxylic acids is 1. The van der Waals surface area contributed by atoms with Crippen molar-refractivity contribution in [1.29, 1.82) is 0 Å². The first-order chi connectivity index (χ1) is 8.47. The highest BCUT2D eigenvalue weighted by atomic mass is 35.5. The van der Waals surface area contributed by atoms with Crippen LogP contribution in [-0.4, -0.2) is 27.4 Å². The average molecular weight is 274 g/mol. The molecule has 1 heterocycles. The maximum atomic E-state index is 11.2. The SMILES string of the molecule is Cc1nn(C)c(Cl)c1CC(CCCCN)C(=O)O. The van der Waals surface area contributed by atoms with Crippen LogP contribution in [0.1, 0.15) is 30.5 Å². The zero-order valence-corrected chi connectivity index (χ0v) is 11.6. The van der Waals surface area contributed by atoms with Crippen molar-refractivity contribution in [3.05, 3.63) is 16.4 Å². The quantitative estimate of drug-likeness (QED) is 0.742. The molecule has 18 heavy (non-hydrogen) atoms. The molecule has 0 spiro atoms. The maximum Gasteiger partial charge on any atom is 0.306 e. The Morgan fingerprint density at radius 1 is 1.56 bits per heavy atom. The minimum atomic E-state index is -0.786. The highest BCUT2D eigenvalue weighted by Crippen LogP contribution is 2.24. The molecule has 0 aliphatic carbocycles. The number of rotatable bonds is 7. The minimum absolute atomic E-state index is 0.419. The van der Waals surface area contributed by atoms with Gasteiger partial charge >= 0.3 is 5.97 Å². The Morgan fingerprint density at radius 2 is 2.22 bits per heavy atom. The largest absolute Gasteiger partial charge is 0.481 e. The molecule has 0 saturated heterocycles. The van der Waals surface area contributed by atoms with Gasteiger partial charge in [-0.1, -0.05) is 18.0 Å². The van der Waals surface area contributed by atoms with Gasteiger partial charge in [0.1, 0.15) is 5.15 Å². The van der Waals surface area contributed by atoms with Crippen LogP contribution < -0.4 is 5.73 Å². The molecule has 1 aromatic heterocycles. The maximum absolute atomic E-state index is 11.2. The van der Waals surface area contributed by atoms with Crippen molar-refractivity contribution < 1.29 is 9.90 Å². The van der Waals surface area contributed by atoms with Crippen LogP contribution in [0.25, 0.3) is 0 Å². The summed E-state index contributed by atoms with van der Waals surface area (Å²) in [7, 11) is 1.75. The van der Waals surface area contributed by atoms with Crippen LogP contribution in [0, 0.1) is 12.8 Å². The van der Waals surface area contributed by atoms with Crippen LogP contribution >= 0.6 is 11.6 Å². The number of halogens is 1. The predicted octanol–water partition coefficient (Wildman–Crippen LogP) is 1.75. The molecule has 0 aromatic carbocycles. The highest BCUT2D eigenvalue weighted by molar-refractivity contribution is 6.30. The number of aliphatic carboxylic acids is 1. The molecule has 1 aromatic rings. The van der Waals surface area contributed by atoms with Gasteiger partial charge < -0.3 is 10.8 Å². The molecule has 0 aliphatic heterocycles. The van der Waals surface area contributed by atoms with Crippen molar-refractivity contribution in [1.82, 2.24) is 9.78 Å². The van der Waals surface area contributed by atoms with Gasteiger partial charge in [-0.25, -0.2) is 0 Å². The molecule has 1 unspecified atom stereocenters. The van der Waals surface area contributed by atoms with Crippen LogP contribution in [0.5, 0.6) is 0 Å². The van der Waals surface area contributed by atoms with E-state index < -0.39 is 11.9 Å². The number of nitrogens with two attached hydrogens (primary N) is 1. The standard InChI is InChI=1S/C12H20ClN3O2/c1-8-10(11(13)16(2)15-8)7-9(12(17)18)5-3-4-6-14/h9H,3-7,14H2,1-2H3,(H,17,18). The van der Waals surface area contributed by atoms with E-state index in [0.717, 1.165) is 24.1 Å². The van der Waals surface area contributed by atoms with Crippen LogP contribution in [0.15, 0.2) is 0 Å². The number of aryl methyl sites for hydroxylation is 2. The Hall–Kier alpha value is -1.07. The van der Waals surface area contributed by atoms with Gasteiger partial charge in [-0.15, -0.1) is 0 Å². The molecule has 0 amide bonds. The van der Waals surface area contributed by atoms with E-state index in [2.05, 4.69) is 5.10 Å². The second-order valence-corrected chi connectivity index (χ2v) is 4.86. The zero-order chi connectivity index (χ0) is 13.7. The molecular formula is C12H20ClN3O2. The lowest BCUT2D eigenvalue weighted by Gasteiger charge is -2.11. The number of carbonyl (C=O) groups is 1. The first-order valence-electron chi connectivity index (χ1n) is 6.08. The fraction of sp³-hybridized carbons (Fsp3) is 0.667. The third kappa shape index (κ3) is 3.71. The highest BCUT2D eigenvalue weighted by Gasteiger charge is 2.22. The van der Waals surface area contributed by atoms with Crippen LogP contribution in [0.3, 0.4) is 0 Å². The second kappa shape index (κ2) is 6.75. The first kappa shape index (κ1) is 15.0. The summed E-state index contributed by atoms with van der Waals surface area (Å²) in [6.45, 7) is 2.44. The van der Waals surface area contributed by atoms with Gasteiger partial charge in [-0.2, -0.15) is 5.10 Å². The number of hydrogen-bond acceptors (Lipinski definition) is 3. The smallest absolute Gasteiger partial charge is 0.306 e. The Labute approximate surface area is 112 Å². The molecule has 0 bridgehead atoms. The van der Waals surface area contributed by atoms with E-state index >= 15 is 0 Å². The number of hydrogen-bond donors (Lipinski definition) is 2. The third-order valence-electron chi connectivity index (χ3n) is 3.08. The van der Waals surface area contributed by atoms with E-state index in [1.54, 1.807) is 11.7 Å². The van der Waals surface area contributed by atoms with Crippen molar-refractivity contribution >= 4 is 17.6 Å². The summed E-state index contributed by atoms with van der Waals surface area (Å²) in [6, 6.07) is 0. The van der Waals surface area contributed by atoms with Crippen molar-refractivity contribution in [3.8, 4) is 0 Å². The summed E-state index contributed by atoms with van der Waals surface area (Å²) in [5.41, 5.74) is 7.04. The van der Waals surface area contributed by atoms with Gasteiger partial charge in [0.05, 0.1) is 11.6 Å². The summed E-state index contributed by atoms with van der Waals surface area (Å²) in [6.07, 6.45) is 2.73. The van der Waals surface area contributed by atoms with Crippen molar-refractivity contribution in [3.63, 3.8) is 0 Å². The molecule has 6 heteroatoms. The van der Waals surface area contributed by atoms with Crippen LogP contribution in [0.4, 0.5) is 0 Å². The Morgan fingerprint density at radius 3 is 2.67 bits per heavy atom. The number of unbranched alkanes of at least 4 members (excludes halogenated alkanes) is 1. The molecule has 0 saturated carbocycles. The van der Waals surface area contributed by atoms with Gasteiger partial charge in [0.25, 0.3) is 0 Å². The van der Waals surface area contributed by atoms with Crippen LogP contribution in [0.2, 0.25) is 5.15 Å². The number of nitrogens with zero attached hydrogens (tertiary/aromatic N) is 2. The lowest BCUT2D eigenvalue weighted by molar-refractivity contribution is -0.142. The molecule has 3 N–H and O–H groups in total. The average Bonchev–Trinajstić information content (AvgIpc) is 2.54. The molecule has 1 atom stereocenters. The fourth-order valence-corrected chi connectivity index (χ4v) is 2.25. The van der Waals surface area contributed by atoms with Crippen LogP contribution in [-0.2, 0) is 18.3 Å². The lowest BCUT2D eigenvalue weighted by Crippen LogP contribution is -2.17. The van der Waals surface area contributed by atoms with E-state index in [-0.39, 0.29) is 0 Å². The molecule has 0 fully saturated rings. The first-order valence-corrected chi connectivity index (χ1v) is 6.46. The van der Waals surface area contributed by atoms with Crippen molar-refractivity contribution in [2.45, 2.75) is 32.6 Å². The van der Waals surface area contributed by atoms with E-state index in [4.69, 9.17) is 17.3 Å². The Bertz CT molecular complexity index is 418. The number of carboxylic acid groups (broad SMARTS) is 1. The molecular weight excluding hydrogens is 254 g/mol. The van der Waals surface area contributed by atoms with Gasteiger partial charge in [-0.05, 0) is 32.7 Å². The summed E-state index contributed by atoms with van der Waals surface area (Å²) >= 11 is 6.11. The molecule has 0 radical (unpaired) electrons. The predicted molar refractivity (Wildman–Crippen MR) is 70.7 cm³/mol. The number of aromatic nitrogens is 2. The fourth-order valence-electron chi connectivity index (χ4n) is 2.00. The monoisotopic (exact) mass is 273 g/mol. The van der Waals surface area contributed by atoms with Crippen molar-refractivity contribution in [2.24, 2.45) is 18.7 Å². The van der Waals surface area contributed by atoms with Gasteiger partial charge in [0, 0.05) is 12.6 Å². The van der Waals surface area contributed by atoms with Gasteiger partial charge in [0.15, 0.2) is 0 Å². The second-order valence-electron chi connectivity index (χ2n) is 4.50. The van der Waals surface area contributed by atoms with E-state index in [1.807, 2.05) is 6.92 Å². The molecule has 1 rings (SSSR count). The summed E-state index contributed by atoms with van der Waals surface area (Å²) in [5.74, 6) is -1.21. The summed E-state index contributed by atoms with van der Waals surface area (Å²) in [5, 5.41) is 13.9. The normalized spacial score (nSPS) is 12.7. The Kier molecular flexibility index (Phi) is 5.62. The van der Waals surface area contributed by atoms with Gasteiger partial charge in [0.2, 0.25) is 0 Å². The lowest BCUT2D eigenvalue weighted by atomic mass is 9.94. The summed E-state index contributed by atoms with van der Waals surface area (Å²) < 4.78 is 1.57. The molecule has 5 nitrogen and oxygen atoms in total. The van der Waals surface area contributed by atoms with E-state index in [1.165, 1.54) is 0 Å². The molecule has 102 valence electrons. The molecule has 0 aliphatic rings. The topological polar surface area (TPSA) is 81.1 Å². The Balaban J connectivity index is 2.74. The van der Waals surface area contributed by atoms with Gasteiger partial charge in [-0.3, -0.25) is 9.48 Å². The third-order valence-corrected chi connectivity index (χ3v) is 3.55. The van der Waals surface area contributed by atoms with E-state index in [9.17, 15) is 9.90 Å². The summed E-state index contributed by atoms with van der Waals surface area (Å²) in [4.78, 5) is 11.2. The van der Waals surface area contributed by atoms with E-state index in [0.29, 0.717) is 24.5 Å². The van der Waals surface area contributed by atoms with Crippen molar-refractivity contribution in [2.75, 3.05) is 6.54 Å². The minimum Gasteiger partial charge on any atom is -0.481 e.